The summed E-state index contributed by atoms with van der Waals surface area (Å²) in [6, 6.07) is 98.8. The van der Waals surface area contributed by atoms with E-state index in [4.69, 9.17) is 4.42 Å². The Labute approximate surface area is 432 Å². The van der Waals surface area contributed by atoms with Crippen molar-refractivity contribution in [2.75, 3.05) is 9.80 Å². The van der Waals surface area contributed by atoms with Crippen molar-refractivity contribution < 1.29 is 4.42 Å². The average Bonchev–Trinajstić information content (AvgIpc) is 3.82. The summed E-state index contributed by atoms with van der Waals surface area (Å²) in [5.41, 5.74) is 19.0. The van der Waals surface area contributed by atoms with E-state index >= 15 is 0 Å². The second kappa shape index (κ2) is 19.0. The molecule has 0 saturated carbocycles. The molecule has 0 aliphatic rings. The molecule has 0 fully saturated rings. The van der Waals surface area contributed by atoms with Crippen LogP contribution in [0.15, 0.2) is 277 Å². The average molecular weight is 949 g/mol. The van der Waals surface area contributed by atoms with Crippen LogP contribution in [-0.4, -0.2) is 0 Å². The molecule has 0 spiro atoms. The Hall–Kier alpha value is -9.44. The highest BCUT2D eigenvalue weighted by Gasteiger charge is 2.21. The van der Waals surface area contributed by atoms with Gasteiger partial charge in [0.05, 0.1) is 11.4 Å². The largest absolute Gasteiger partial charge is 0.456 e. The van der Waals surface area contributed by atoms with Gasteiger partial charge in [-0.3, -0.25) is 0 Å². The molecule has 3 nitrogen and oxygen atoms in total. The van der Waals surface area contributed by atoms with Crippen LogP contribution >= 0.6 is 0 Å². The van der Waals surface area contributed by atoms with Crippen LogP contribution in [0.5, 0.6) is 0 Å². The number of rotatable bonds is 11. The molecular formula is C71H52N2O. The Morgan fingerprint density at radius 3 is 1.07 bits per heavy atom. The fraction of sp³-hybridized carbons (Fsp3) is 0.0423. The molecule has 3 heteroatoms. The highest BCUT2D eigenvalue weighted by molar-refractivity contribution is 6.14. The summed E-state index contributed by atoms with van der Waals surface area (Å²) >= 11 is 0. The van der Waals surface area contributed by atoms with Crippen LogP contribution in [0.1, 0.15) is 25.3 Å². The van der Waals surface area contributed by atoms with Crippen molar-refractivity contribution in [3.8, 4) is 44.5 Å². The van der Waals surface area contributed by atoms with Crippen molar-refractivity contribution in [2.45, 2.75) is 19.8 Å². The number of nitrogens with zero attached hydrogens (tertiary/aromatic N) is 2. The number of hydrogen-bond acceptors (Lipinski definition) is 3. The van der Waals surface area contributed by atoms with Crippen molar-refractivity contribution >= 4 is 77.6 Å². The minimum Gasteiger partial charge on any atom is -0.456 e. The summed E-state index contributed by atoms with van der Waals surface area (Å²) in [7, 11) is 0. The van der Waals surface area contributed by atoms with Gasteiger partial charge in [0.1, 0.15) is 11.2 Å². The van der Waals surface area contributed by atoms with Crippen molar-refractivity contribution in [1.29, 1.82) is 0 Å². The maximum atomic E-state index is 6.87. The first-order valence-corrected chi connectivity index (χ1v) is 25.6. The lowest BCUT2D eigenvalue weighted by atomic mass is 9.97. The molecule has 0 saturated heterocycles. The monoisotopic (exact) mass is 948 g/mol. The van der Waals surface area contributed by atoms with Gasteiger partial charge in [0.25, 0.3) is 0 Å². The zero-order valence-corrected chi connectivity index (χ0v) is 41.4. The molecule has 74 heavy (non-hydrogen) atoms. The van der Waals surface area contributed by atoms with Gasteiger partial charge in [-0.05, 0) is 151 Å². The van der Waals surface area contributed by atoms with Gasteiger partial charge < -0.3 is 14.2 Å². The summed E-state index contributed by atoms with van der Waals surface area (Å²) in [4.78, 5) is 4.78. The van der Waals surface area contributed by atoms with Gasteiger partial charge in [0, 0.05) is 44.6 Å². The Balaban J connectivity index is 0.911. The Morgan fingerprint density at radius 2 is 0.635 bits per heavy atom. The molecule has 0 unspecified atom stereocenters. The van der Waals surface area contributed by atoms with Crippen molar-refractivity contribution in [3.05, 3.63) is 279 Å². The van der Waals surface area contributed by atoms with E-state index in [2.05, 4.69) is 297 Å². The molecule has 12 aromatic carbocycles. The van der Waals surface area contributed by atoms with E-state index < -0.39 is 0 Å². The molecule has 0 bridgehead atoms. The topological polar surface area (TPSA) is 19.6 Å². The number of para-hydroxylation sites is 2. The molecule has 0 radical (unpaired) electrons. The van der Waals surface area contributed by atoms with Gasteiger partial charge in [0.2, 0.25) is 0 Å². The summed E-state index contributed by atoms with van der Waals surface area (Å²) in [6.45, 7) is 4.49. The van der Waals surface area contributed by atoms with E-state index in [0.717, 1.165) is 83.2 Å². The SMILES string of the molecule is CC(C)c1ccc(-c2ccccc2N(c2ccc(-c3ccccc3)cc2)c2ccc3cc4c(cc3c2)oc2cc3cc(N(c5ccc(-c6ccccc6)cc5)c5ccccc5-c5ccccc5)ccc3cc24)cc1. The summed E-state index contributed by atoms with van der Waals surface area (Å²) in [6.07, 6.45) is 0. The lowest BCUT2D eigenvalue weighted by molar-refractivity contribution is 0.670. The number of furan rings is 1. The highest BCUT2D eigenvalue weighted by Crippen LogP contribution is 2.46. The van der Waals surface area contributed by atoms with Gasteiger partial charge in [-0.15, -0.1) is 0 Å². The third kappa shape index (κ3) is 8.34. The van der Waals surface area contributed by atoms with Crippen LogP contribution in [0.25, 0.3) is 88.0 Å². The van der Waals surface area contributed by atoms with E-state index in [-0.39, 0.29) is 0 Å². The highest BCUT2D eigenvalue weighted by atomic mass is 16.3. The Morgan fingerprint density at radius 1 is 0.284 bits per heavy atom. The van der Waals surface area contributed by atoms with Gasteiger partial charge in [-0.1, -0.05) is 202 Å². The zero-order chi connectivity index (χ0) is 49.5. The fourth-order valence-corrected chi connectivity index (χ4v) is 10.7. The minimum atomic E-state index is 0.460. The zero-order valence-electron chi connectivity index (χ0n) is 41.4. The van der Waals surface area contributed by atoms with Crippen molar-refractivity contribution in [1.82, 2.24) is 0 Å². The second-order valence-corrected chi connectivity index (χ2v) is 19.5. The fourth-order valence-electron chi connectivity index (χ4n) is 10.7. The van der Waals surface area contributed by atoms with E-state index in [1.807, 2.05) is 0 Å². The van der Waals surface area contributed by atoms with Crippen LogP contribution < -0.4 is 9.80 Å². The molecule has 0 amide bonds. The first kappa shape index (κ1) is 44.5. The van der Waals surface area contributed by atoms with Crippen LogP contribution in [0.2, 0.25) is 0 Å². The van der Waals surface area contributed by atoms with Crippen LogP contribution in [0.3, 0.4) is 0 Å². The summed E-state index contributed by atoms with van der Waals surface area (Å²) in [5, 5.41) is 6.73. The van der Waals surface area contributed by atoms with Crippen molar-refractivity contribution in [3.63, 3.8) is 0 Å². The molecule has 0 atom stereocenters. The van der Waals surface area contributed by atoms with Crippen LogP contribution in [0.4, 0.5) is 34.1 Å². The molecule has 1 heterocycles. The lowest BCUT2D eigenvalue weighted by Crippen LogP contribution is -2.11. The molecular weight excluding hydrogens is 897 g/mol. The van der Waals surface area contributed by atoms with Crippen molar-refractivity contribution in [2.24, 2.45) is 0 Å². The third-order valence-corrected chi connectivity index (χ3v) is 14.6. The summed E-state index contributed by atoms with van der Waals surface area (Å²) < 4.78 is 6.87. The standard InChI is InChI=1S/C71H52N2O/c1-48(2)49-26-28-55(29-27-49)65-23-13-15-25-69(65)73(61-38-32-53(33-39-61)51-18-8-4-9-19-51)63-41-35-57-45-67-66-44-56-34-40-62(42-58(56)46-70(66)74-71(67)47-59(57)43-63)72(60-36-30-52(31-37-60)50-16-6-3-7-17-50)68-24-14-12-22-64(68)54-20-10-5-11-21-54/h3-48H,1-2H3. The van der Waals surface area contributed by atoms with E-state index in [1.54, 1.807) is 0 Å². The van der Waals surface area contributed by atoms with Crippen LogP contribution in [0, 0.1) is 0 Å². The first-order chi connectivity index (χ1) is 36.5. The van der Waals surface area contributed by atoms with E-state index in [0.29, 0.717) is 5.92 Å². The van der Waals surface area contributed by atoms with Crippen LogP contribution in [-0.2, 0) is 0 Å². The second-order valence-electron chi connectivity index (χ2n) is 19.5. The first-order valence-electron chi connectivity index (χ1n) is 25.6. The number of anilines is 6. The maximum Gasteiger partial charge on any atom is 0.136 e. The molecule has 13 aromatic rings. The van der Waals surface area contributed by atoms with Gasteiger partial charge in [0.15, 0.2) is 0 Å². The number of benzene rings is 12. The molecule has 0 N–H and O–H groups in total. The normalized spacial score (nSPS) is 11.5. The smallest absolute Gasteiger partial charge is 0.136 e. The maximum absolute atomic E-state index is 6.87. The molecule has 352 valence electrons. The molecule has 0 aliphatic carbocycles. The van der Waals surface area contributed by atoms with Gasteiger partial charge in [-0.2, -0.15) is 0 Å². The minimum absolute atomic E-state index is 0.460. The molecule has 1 aromatic heterocycles. The molecule has 0 aliphatic heterocycles. The Bertz CT molecular complexity index is 4120. The lowest BCUT2D eigenvalue weighted by Gasteiger charge is -2.28. The predicted octanol–water partition coefficient (Wildman–Crippen LogP) is 20.6. The van der Waals surface area contributed by atoms with Gasteiger partial charge in [-0.25, -0.2) is 0 Å². The molecule has 13 rings (SSSR count). The third-order valence-electron chi connectivity index (χ3n) is 14.6. The summed E-state index contributed by atoms with van der Waals surface area (Å²) in [5.74, 6) is 0.460. The quantitative estimate of drug-likeness (QED) is 0.129. The number of fused-ring (bicyclic) bond motifs is 5. The van der Waals surface area contributed by atoms with E-state index in [1.165, 1.54) is 44.5 Å². The Kier molecular flexibility index (Phi) is 11.4. The van der Waals surface area contributed by atoms with Gasteiger partial charge >= 0.3 is 0 Å². The predicted molar refractivity (Wildman–Crippen MR) is 314 cm³/mol. The van der Waals surface area contributed by atoms with E-state index in [9.17, 15) is 0 Å². The number of hydrogen-bond donors (Lipinski definition) is 0.